The highest BCUT2D eigenvalue weighted by molar-refractivity contribution is 7.09. The number of nitrogens with one attached hydrogen (secondary N) is 3. The minimum Gasteiger partial charge on any atom is -0.346 e. The van der Waals surface area contributed by atoms with Gasteiger partial charge in [-0.3, -0.25) is 9.59 Å². The summed E-state index contributed by atoms with van der Waals surface area (Å²) in [7, 11) is 0. The molecule has 3 N–H and O–H groups in total. The Hall–Kier alpha value is -2.39. The van der Waals surface area contributed by atoms with Crippen LogP contribution in [0.15, 0.2) is 41.8 Å². The lowest BCUT2D eigenvalue weighted by atomic mass is 10.2. The molecule has 0 spiro atoms. The Bertz CT molecular complexity index is 763. The van der Waals surface area contributed by atoms with Crippen LogP contribution in [0.3, 0.4) is 0 Å². The molecule has 2 amide bonds. The van der Waals surface area contributed by atoms with Crippen LogP contribution in [-0.4, -0.2) is 31.4 Å². The normalized spacial score (nSPS) is 12.4. The molecule has 0 aliphatic heterocycles. The van der Waals surface area contributed by atoms with Crippen molar-refractivity contribution < 1.29 is 27.7 Å². The number of likely N-dealkylation sites (N-methyl/N-ethyl adjacent to an activating group) is 1. The average Bonchev–Trinajstić information content (AvgIpc) is 3.12. The molecule has 0 radical (unpaired) electrons. The lowest BCUT2D eigenvalue weighted by molar-refractivity contribution is -0.881. The van der Waals surface area contributed by atoms with E-state index in [-0.39, 0.29) is 24.7 Å². The molecule has 1 heterocycles. The highest BCUT2D eigenvalue weighted by atomic mass is 32.1. The maximum Gasteiger partial charge on any atom is 0.416 e. The average molecular weight is 400 g/mol. The van der Waals surface area contributed by atoms with Crippen molar-refractivity contribution in [2.45, 2.75) is 19.6 Å². The largest absolute Gasteiger partial charge is 0.416 e. The summed E-state index contributed by atoms with van der Waals surface area (Å²) >= 11 is 1.54. The Morgan fingerprint density at radius 1 is 1.11 bits per heavy atom. The van der Waals surface area contributed by atoms with Gasteiger partial charge in [0.05, 0.1) is 18.7 Å². The third-order valence-corrected chi connectivity index (χ3v) is 4.71. The molecular formula is C18H21F3N3O2S+. The van der Waals surface area contributed by atoms with Gasteiger partial charge in [0.25, 0.3) is 11.8 Å². The standard InChI is InChI=1S/C18H20F3N3O2S/c1-2-24(11-16(25)22-10-15-7-4-8-27-15)12-17(26)23-14-6-3-5-13(9-14)18(19,20)21/h3-9H,2,10-12H2,1H3,(H,22,25)(H,23,26)/p+1. The van der Waals surface area contributed by atoms with Gasteiger partial charge >= 0.3 is 6.18 Å². The van der Waals surface area contributed by atoms with Crippen molar-refractivity contribution in [1.29, 1.82) is 0 Å². The number of amides is 2. The lowest BCUT2D eigenvalue weighted by Crippen LogP contribution is -3.13. The summed E-state index contributed by atoms with van der Waals surface area (Å²) < 4.78 is 38.2. The van der Waals surface area contributed by atoms with E-state index in [4.69, 9.17) is 0 Å². The van der Waals surface area contributed by atoms with Crippen molar-refractivity contribution in [3.8, 4) is 0 Å². The Labute approximate surface area is 159 Å². The zero-order valence-electron chi connectivity index (χ0n) is 14.7. The number of hydrogen-bond donors (Lipinski definition) is 3. The molecule has 146 valence electrons. The molecule has 5 nitrogen and oxygen atoms in total. The van der Waals surface area contributed by atoms with E-state index in [0.29, 0.717) is 18.0 Å². The highest BCUT2D eigenvalue weighted by Gasteiger charge is 2.30. The van der Waals surface area contributed by atoms with E-state index in [0.717, 1.165) is 17.0 Å². The highest BCUT2D eigenvalue weighted by Crippen LogP contribution is 2.30. The van der Waals surface area contributed by atoms with E-state index in [1.807, 2.05) is 24.4 Å². The molecule has 9 heteroatoms. The number of alkyl halides is 3. The molecule has 2 aromatic rings. The van der Waals surface area contributed by atoms with Crippen molar-refractivity contribution in [3.05, 3.63) is 52.2 Å². The van der Waals surface area contributed by atoms with Crippen LogP contribution in [-0.2, 0) is 22.3 Å². The van der Waals surface area contributed by atoms with Crippen LogP contribution >= 0.6 is 11.3 Å². The van der Waals surface area contributed by atoms with Gasteiger partial charge in [-0.25, -0.2) is 0 Å². The Balaban J connectivity index is 1.84. The number of quaternary nitrogens is 1. The van der Waals surface area contributed by atoms with Crippen molar-refractivity contribution >= 4 is 28.8 Å². The van der Waals surface area contributed by atoms with Crippen LogP contribution in [0.1, 0.15) is 17.4 Å². The van der Waals surface area contributed by atoms with Gasteiger partial charge in [-0.15, -0.1) is 11.3 Å². The molecule has 1 aromatic carbocycles. The first kappa shape index (κ1) is 20.9. The number of anilines is 1. The summed E-state index contributed by atoms with van der Waals surface area (Å²) in [6.07, 6.45) is -4.47. The molecule has 0 bridgehead atoms. The number of thiophene rings is 1. The molecule has 1 aromatic heterocycles. The van der Waals surface area contributed by atoms with Crippen LogP contribution in [0.5, 0.6) is 0 Å². The second-order valence-electron chi connectivity index (χ2n) is 5.94. The van der Waals surface area contributed by atoms with Gasteiger partial charge < -0.3 is 15.5 Å². The first-order chi connectivity index (χ1) is 12.8. The van der Waals surface area contributed by atoms with Crippen molar-refractivity contribution in [1.82, 2.24) is 5.32 Å². The summed E-state index contributed by atoms with van der Waals surface area (Å²) in [6.45, 7) is 2.89. The molecular weight excluding hydrogens is 379 g/mol. The predicted octanol–water partition coefficient (Wildman–Crippen LogP) is 1.93. The Morgan fingerprint density at radius 2 is 1.85 bits per heavy atom. The zero-order chi connectivity index (χ0) is 19.9. The van der Waals surface area contributed by atoms with Crippen LogP contribution in [0.2, 0.25) is 0 Å². The van der Waals surface area contributed by atoms with Gasteiger partial charge in [0.1, 0.15) is 0 Å². The summed E-state index contributed by atoms with van der Waals surface area (Å²) in [5, 5.41) is 7.17. The maximum absolute atomic E-state index is 12.7. The number of rotatable bonds is 8. The lowest BCUT2D eigenvalue weighted by Gasteiger charge is -2.17. The van der Waals surface area contributed by atoms with Crippen LogP contribution in [0, 0.1) is 0 Å². The molecule has 0 fully saturated rings. The molecule has 1 atom stereocenters. The third-order valence-electron chi connectivity index (χ3n) is 3.83. The monoisotopic (exact) mass is 400 g/mol. The van der Waals surface area contributed by atoms with E-state index >= 15 is 0 Å². The summed E-state index contributed by atoms with van der Waals surface area (Å²) in [5.74, 6) is -0.635. The Kier molecular flexibility index (Phi) is 7.37. The number of carbonyl (C=O) groups is 2. The predicted molar refractivity (Wildman–Crippen MR) is 97.5 cm³/mol. The molecule has 0 saturated carbocycles. The van der Waals surface area contributed by atoms with E-state index in [2.05, 4.69) is 10.6 Å². The van der Waals surface area contributed by atoms with Gasteiger partial charge in [-0.05, 0) is 36.6 Å². The fourth-order valence-electron chi connectivity index (χ4n) is 2.41. The van der Waals surface area contributed by atoms with Crippen LogP contribution in [0.4, 0.5) is 18.9 Å². The number of hydrogen-bond acceptors (Lipinski definition) is 3. The third kappa shape index (κ3) is 7.03. The van der Waals surface area contributed by atoms with Gasteiger partial charge in [0.2, 0.25) is 0 Å². The summed E-state index contributed by atoms with van der Waals surface area (Å²) in [6, 6.07) is 8.27. The summed E-state index contributed by atoms with van der Waals surface area (Å²) in [4.78, 5) is 25.9. The number of carbonyl (C=O) groups excluding carboxylic acids is 2. The fraction of sp³-hybridized carbons (Fsp3) is 0.333. The fourth-order valence-corrected chi connectivity index (χ4v) is 3.05. The molecule has 27 heavy (non-hydrogen) atoms. The van der Waals surface area contributed by atoms with E-state index in [1.54, 1.807) is 0 Å². The second-order valence-corrected chi connectivity index (χ2v) is 6.97. The van der Waals surface area contributed by atoms with Gasteiger partial charge in [-0.2, -0.15) is 13.2 Å². The molecule has 0 saturated heterocycles. The second kappa shape index (κ2) is 9.52. The van der Waals surface area contributed by atoms with E-state index in [9.17, 15) is 22.8 Å². The molecule has 0 aliphatic carbocycles. The molecule has 0 aliphatic rings. The van der Waals surface area contributed by atoms with E-state index < -0.39 is 17.6 Å². The first-order valence-corrected chi connectivity index (χ1v) is 9.25. The zero-order valence-corrected chi connectivity index (χ0v) is 15.5. The minimum absolute atomic E-state index is 0.0147. The smallest absolute Gasteiger partial charge is 0.346 e. The van der Waals surface area contributed by atoms with Gasteiger partial charge in [-0.1, -0.05) is 12.1 Å². The SMILES string of the molecule is CC[NH+](CC(=O)NCc1cccs1)CC(=O)Nc1cccc(C(F)(F)F)c1. The van der Waals surface area contributed by atoms with Gasteiger partial charge in [0.15, 0.2) is 13.1 Å². The van der Waals surface area contributed by atoms with Crippen molar-refractivity contribution in [2.24, 2.45) is 0 Å². The maximum atomic E-state index is 12.7. The number of benzene rings is 1. The van der Waals surface area contributed by atoms with Crippen molar-refractivity contribution in [2.75, 3.05) is 25.0 Å². The van der Waals surface area contributed by atoms with Crippen molar-refractivity contribution in [3.63, 3.8) is 0 Å². The first-order valence-electron chi connectivity index (χ1n) is 8.37. The van der Waals surface area contributed by atoms with Crippen LogP contribution in [0.25, 0.3) is 0 Å². The minimum atomic E-state index is -4.47. The Morgan fingerprint density at radius 3 is 2.48 bits per heavy atom. The molecule has 2 rings (SSSR count). The van der Waals surface area contributed by atoms with Crippen LogP contribution < -0.4 is 15.5 Å². The topological polar surface area (TPSA) is 62.6 Å². The van der Waals surface area contributed by atoms with Gasteiger partial charge in [0, 0.05) is 10.6 Å². The van der Waals surface area contributed by atoms with E-state index in [1.165, 1.54) is 23.5 Å². The summed E-state index contributed by atoms with van der Waals surface area (Å²) in [5.41, 5.74) is -0.750. The quantitative estimate of drug-likeness (QED) is 0.634. The molecule has 1 unspecified atom stereocenters. The number of halogens is 3.